The number of rotatable bonds is 5. The summed E-state index contributed by atoms with van der Waals surface area (Å²) in [5, 5.41) is 1.57. The maximum Gasteiger partial charge on any atom is 0.242 e. The highest BCUT2D eigenvalue weighted by atomic mass is 32.2. The SMILES string of the molecule is CCN(C)c1cccc(NC(=O)C(C)S(C)(=O)=O)c1. The summed E-state index contributed by atoms with van der Waals surface area (Å²) in [7, 11) is -1.43. The zero-order chi connectivity index (χ0) is 14.6. The number of hydrogen-bond donors (Lipinski definition) is 1. The first kappa shape index (κ1) is 15.5. The van der Waals surface area contributed by atoms with Crippen molar-refractivity contribution in [2.45, 2.75) is 19.1 Å². The van der Waals surface area contributed by atoms with Crippen LogP contribution in [-0.2, 0) is 14.6 Å². The Labute approximate surface area is 114 Å². The normalized spacial score (nSPS) is 12.8. The van der Waals surface area contributed by atoms with Crippen LogP contribution in [0.1, 0.15) is 13.8 Å². The molecule has 0 bridgehead atoms. The molecule has 0 aromatic heterocycles. The van der Waals surface area contributed by atoms with Crippen molar-refractivity contribution >= 4 is 27.1 Å². The quantitative estimate of drug-likeness (QED) is 0.890. The molecule has 0 aliphatic heterocycles. The number of hydrogen-bond acceptors (Lipinski definition) is 4. The Morgan fingerprint density at radius 2 is 2.05 bits per heavy atom. The van der Waals surface area contributed by atoms with Crippen molar-refractivity contribution < 1.29 is 13.2 Å². The van der Waals surface area contributed by atoms with Crippen LogP contribution < -0.4 is 10.2 Å². The molecule has 19 heavy (non-hydrogen) atoms. The fourth-order valence-electron chi connectivity index (χ4n) is 1.44. The maximum atomic E-state index is 11.8. The largest absolute Gasteiger partial charge is 0.375 e. The van der Waals surface area contributed by atoms with Gasteiger partial charge < -0.3 is 10.2 Å². The number of carbonyl (C=O) groups is 1. The highest BCUT2D eigenvalue weighted by Gasteiger charge is 2.23. The van der Waals surface area contributed by atoms with Crippen LogP contribution in [0.2, 0.25) is 0 Å². The molecule has 0 radical (unpaired) electrons. The lowest BCUT2D eigenvalue weighted by Gasteiger charge is -2.18. The van der Waals surface area contributed by atoms with Gasteiger partial charge in [-0.15, -0.1) is 0 Å². The zero-order valence-corrected chi connectivity index (χ0v) is 12.5. The second kappa shape index (κ2) is 6.06. The van der Waals surface area contributed by atoms with Gasteiger partial charge in [-0.3, -0.25) is 4.79 Å². The molecule has 106 valence electrons. The standard InChI is InChI=1S/C13H20N2O3S/c1-5-15(3)12-8-6-7-11(9-12)14-13(16)10(2)19(4,17)18/h6-10H,5H2,1-4H3,(H,14,16). The summed E-state index contributed by atoms with van der Waals surface area (Å²) < 4.78 is 22.6. The van der Waals surface area contributed by atoms with Crippen molar-refractivity contribution in [2.24, 2.45) is 0 Å². The van der Waals surface area contributed by atoms with E-state index in [4.69, 9.17) is 0 Å². The Morgan fingerprint density at radius 1 is 1.42 bits per heavy atom. The molecule has 1 atom stereocenters. The molecule has 1 N–H and O–H groups in total. The van der Waals surface area contributed by atoms with Gasteiger partial charge in [0.1, 0.15) is 5.25 Å². The van der Waals surface area contributed by atoms with E-state index in [0.717, 1.165) is 18.5 Å². The molecule has 1 aromatic carbocycles. The molecule has 1 amide bonds. The Morgan fingerprint density at radius 3 is 2.58 bits per heavy atom. The van der Waals surface area contributed by atoms with Crippen LogP contribution in [0.15, 0.2) is 24.3 Å². The van der Waals surface area contributed by atoms with Gasteiger partial charge in [0.05, 0.1) is 0 Å². The Kier molecular flexibility index (Phi) is 4.94. The number of anilines is 2. The number of carbonyl (C=O) groups excluding carboxylic acids is 1. The van der Waals surface area contributed by atoms with E-state index in [9.17, 15) is 13.2 Å². The zero-order valence-electron chi connectivity index (χ0n) is 11.7. The molecular weight excluding hydrogens is 264 g/mol. The van der Waals surface area contributed by atoms with Crippen LogP contribution in [0.25, 0.3) is 0 Å². The fourth-order valence-corrected chi connectivity index (χ4v) is 1.89. The van der Waals surface area contributed by atoms with Crippen molar-refractivity contribution in [1.29, 1.82) is 0 Å². The summed E-state index contributed by atoms with van der Waals surface area (Å²) in [5.74, 6) is -0.515. The first-order valence-corrected chi connectivity index (χ1v) is 8.02. The molecule has 1 aromatic rings. The first-order chi connectivity index (χ1) is 8.75. The van der Waals surface area contributed by atoms with Gasteiger partial charge in [-0.1, -0.05) is 6.07 Å². The molecular formula is C13H20N2O3S. The summed E-state index contributed by atoms with van der Waals surface area (Å²) in [6.07, 6.45) is 1.05. The summed E-state index contributed by atoms with van der Waals surface area (Å²) in [4.78, 5) is 13.8. The van der Waals surface area contributed by atoms with Crippen molar-refractivity contribution in [2.75, 3.05) is 30.1 Å². The molecule has 0 aliphatic carbocycles. The smallest absolute Gasteiger partial charge is 0.242 e. The molecule has 6 heteroatoms. The lowest BCUT2D eigenvalue weighted by molar-refractivity contribution is -0.115. The van der Waals surface area contributed by atoms with Crippen LogP contribution >= 0.6 is 0 Å². The van der Waals surface area contributed by atoms with Gasteiger partial charge in [-0.05, 0) is 32.0 Å². The average Bonchev–Trinajstić information content (AvgIpc) is 2.36. The predicted molar refractivity (Wildman–Crippen MR) is 78.3 cm³/mol. The first-order valence-electron chi connectivity index (χ1n) is 6.06. The van der Waals surface area contributed by atoms with E-state index in [-0.39, 0.29) is 0 Å². The van der Waals surface area contributed by atoms with Crippen molar-refractivity contribution in [1.82, 2.24) is 0 Å². The maximum absolute atomic E-state index is 11.8. The van der Waals surface area contributed by atoms with Gasteiger partial charge in [0.2, 0.25) is 5.91 Å². The summed E-state index contributed by atoms with van der Waals surface area (Å²) in [6, 6.07) is 7.30. The van der Waals surface area contributed by atoms with Gasteiger partial charge in [0.25, 0.3) is 0 Å². The molecule has 0 saturated heterocycles. The molecule has 0 heterocycles. The van der Waals surface area contributed by atoms with Crippen molar-refractivity contribution in [3.8, 4) is 0 Å². The minimum absolute atomic E-state index is 0.515. The Bertz CT molecular complexity index is 555. The predicted octanol–water partition coefficient (Wildman–Crippen LogP) is 1.51. The van der Waals surface area contributed by atoms with E-state index in [0.29, 0.717) is 5.69 Å². The molecule has 0 saturated carbocycles. The van der Waals surface area contributed by atoms with Crippen LogP contribution in [0.4, 0.5) is 11.4 Å². The molecule has 0 spiro atoms. The molecule has 0 aliphatic rings. The summed E-state index contributed by atoms with van der Waals surface area (Å²) in [5.41, 5.74) is 1.56. The van der Waals surface area contributed by atoms with Gasteiger partial charge >= 0.3 is 0 Å². The van der Waals surface area contributed by atoms with Gasteiger partial charge in [-0.2, -0.15) is 0 Å². The van der Waals surface area contributed by atoms with Crippen LogP contribution in [0.3, 0.4) is 0 Å². The summed E-state index contributed by atoms with van der Waals surface area (Å²) >= 11 is 0. The van der Waals surface area contributed by atoms with Gasteiger partial charge in [0, 0.05) is 31.2 Å². The lowest BCUT2D eigenvalue weighted by Crippen LogP contribution is -2.31. The van der Waals surface area contributed by atoms with Gasteiger partial charge in [0.15, 0.2) is 9.84 Å². The molecule has 1 unspecified atom stereocenters. The van der Waals surface area contributed by atoms with Crippen LogP contribution in [0.5, 0.6) is 0 Å². The topological polar surface area (TPSA) is 66.5 Å². The number of sulfone groups is 1. The number of nitrogens with zero attached hydrogens (tertiary/aromatic N) is 1. The minimum Gasteiger partial charge on any atom is -0.375 e. The van der Waals surface area contributed by atoms with Crippen molar-refractivity contribution in [3.05, 3.63) is 24.3 Å². The Balaban J connectivity index is 2.86. The number of nitrogens with one attached hydrogen (secondary N) is 1. The third-order valence-electron chi connectivity index (χ3n) is 3.04. The second-order valence-corrected chi connectivity index (χ2v) is 6.89. The van der Waals surface area contributed by atoms with Crippen LogP contribution in [0, 0.1) is 0 Å². The van der Waals surface area contributed by atoms with E-state index in [1.54, 1.807) is 6.07 Å². The second-order valence-electron chi connectivity index (χ2n) is 4.53. The molecule has 0 fully saturated rings. The highest BCUT2D eigenvalue weighted by molar-refractivity contribution is 7.92. The van der Waals surface area contributed by atoms with E-state index in [2.05, 4.69) is 5.32 Å². The van der Waals surface area contributed by atoms with E-state index < -0.39 is 21.0 Å². The highest BCUT2D eigenvalue weighted by Crippen LogP contribution is 2.18. The number of benzene rings is 1. The number of amides is 1. The molecule has 5 nitrogen and oxygen atoms in total. The van der Waals surface area contributed by atoms with Crippen molar-refractivity contribution in [3.63, 3.8) is 0 Å². The van der Waals surface area contributed by atoms with Crippen LogP contribution in [-0.4, -0.2) is 39.4 Å². The third kappa shape index (κ3) is 4.24. The van der Waals surface area contributed by atoms with E-state index in [1.807, 2.05) is 37.1 Å². The molecule has 1 rings (SSSR count). The monoisotopic (exact) mass is 284 g/mol. The van der Waals surface area contributed by atoms with E-state index >= 15 is 0 Å². The van der Waals surface area contributed by atoms with Gasteiger partial charge in [-0.25, -0.2) is 8.42 Å². The average molecular weight is 284 g/mol. The lowest BCUT2D eigenvalue weighted by atomic mass is 10.2. The summed E-state index contributed by atoms with van der Waals surface area (Å²) in [6.45, 7) is 4.25. The fraction of sp³-hybridized carbons (Fsp3) is 0.462. The minimum atomic E-state index is -3.38. The van der Waals surface area contributed by atoms with E-state index in [1.165, 1.54) is 6.92 Å². The third-order valence-corrected chi connectivity index (χ3v) is 4.54. The Hall–Kier alpha value is -1.56.